The fraction of sp³-hybridized carbons (Fsp3) is 0.600. The van der Waals surface area contributed by atoms with Gasteiger partial charge in [-0.05, 0) is 19.9 Å². The fourth-order valence-electron chi connectivity index (χ4n) is 3.06. The summed E-state index contributed by atoms with van der Waals surface area (Å²) >= 11 is 0. The Morgan fingerprint density at radius 3 is 2.50 bits per heavy atom. The van der Waals surface area contributed by atoms with E-state index in [-0.39, 0.29) is 16.4 Å². The van der Waals surface area contributed by atoms with E-state index in [4.69, 9.17) is 9.84 Å². The molecule has 2 aliphatic rings. The van der Waals surface area contributed by atoms with E-state index >= 15 is 0 Å². The number of nitro groups is 1. The molecule has 0 aromatic heterocycles. The monoisotopic (exact) mass is 368 g/mol. The summed E-state index contributed by atoms with van der Waals surface area (Å²) < 4.78 is 5.10. The molecule has 1 aromatic rings. The van der Waals surface area contributed by atoms with E-state index < -0.39 is 47.8 Å². The summed E-state index contributed by atoms with van der Waals surface area (Å²) in [6.45, 7) is 2.80. The Bertz CT molecular complexity index is 843. The van der Waals surface area contributed by atoms with Crippen LogP contribution >= 0.6 is 0 Å². The zero-order valence-corrected chi connectivity index (χ0v) is 14.1. The van der Waals surface area contributed by atoms with Crippen LogP contribution in [0, 0.1) is 10.1 Å². The highest BCUT2D eigenvalue weighted by atomic mass is 16.6. The lowest BCUT2D eigenvalue weighted by molar-refractivity contribution is -0.386. The molecule has 0 spiro atoms. The van der Waals surface area contributed by atoms with Gasteiger partial charge in [0.15, 0.2) is 11.6 Å². The Morgan fingerprint density at radius 1 is 1.23 bits per heavy atom. The van der Waals surface area contributed by atoms with Crippen LogP contribution in [-0.2, 0) is 4.74 Å². The van der Waals surface area contributed by atoms with Gasteiger partial charge in [-0.1, -0.05) is 0 Å². The van der Waals surface area contributed by atoms with E-state index in [1.54, 1.807) is 13.8 Å². The number of hydrogen-bond donors (Lipinski definition) is 5. The number of nitro benzene ring substituents is 1. The third-order valence-electron chi connectivity index (χ3n) is 4.32. The SMILES string of the molecule is CC1(C)N=c2c(N[C@H]3C(O)O[C@H](CO)[C@@H](O)[C@@H]3O)ccc([N+](=O)[O-])c2=N1. The lowest BCUT2D eigenvalue weighted by atomic mass is 9.97. The molecule has 26 heavy (non-hydrogen) atoms. The molecule has 0 bridgehead atoms. The Labute approximate surface area is 147 Å². The highest BCUT2D eigenvalue weighted by Gasteiger charge is 2.44. The number of anilines is 1. The van der Waals surface area contributed by atoms with Gasteiger partial charge in [0.2, 0.25) is 0 Å². The maximum Gasteiger partial charge on any atom is 0.296 e. The lowest BCUT2D eigenvalue weighted by Gasteiger charge is -2.40. The number of nitrogens with zero attached hydrogens (tertiary/aromatic N) is 3. The van der Waals surface area contributed by atoms with Crippen molar-refractivity contribution in [1.29, 1.82) is 0 Å². The largest absolute Gasteiger partial charge is 0.394 e. The van der Waals surface area contributed by atoms with Crippen molar-refractivity contribution in [2.75, 3.05) is 11.9 Å². The highest BCUT2D eigenvalue weighted by Crippen LogP contribution is 2.23. The van der Waals surface area contributed by atoms with Crippen molar-refractivity contribution >= 4 is 11.4 Å². The van der Waals surface area contributed by atoms with Gasteiger partial charge >= 0.3 is 0 Å². The first-order chi connectivity index (χ1) is 12.1. The van der Waals surface area contributed by atoms with Gasteiger partial charge in [0.1, 0.15) is 35.4 Å². The van der Waals surface area contributed by atoms with Crippen LogP contribution in [0.3, 0.4) is 0 Å². The number of ether oxygens (including phenoxy) is 1. The fourth-order valence-corrected chi connectivity index (χ4v) is 3.06. The van der Waals surface area contributed by atoms with Gasteiger partial charge in [-0.2, -0.15) is 0 Å². The summed E-state index contributed by atoms with van der Waals surface area (Å²) in [4.78, 5) is 19.3. The zero-order chi connectivity index (χ0) is 19.2. The molecular weight excluding hydrogens is 348 g/mol. The van der Waals surface area contributed by atoms with Crippen molar-refractivity contribution in [3.63, 3.8) is 0 Å². The second-order valence-electron chi connectivity index (χ2n) is 6.70. The molecule has 11 heteroatoms. The molecule has 142 valence electrons. The van der Waals surface area contributed by atoms with Crippen LogP contribution in [0.25, 0.3) is 0 Å². The molecule has 0 radical (unpaired) electrons. The van der Waals surface area contributed by atoms with Crippen molar-refractivity contribution in [3.05, 3.63) is 33.0 Å². The standard InChI is InChI=1S/C15H20N4O7/c1-15(2)17-9-6(3-4-7(19(24)25)10(9)18-15)16-11-13(22)12(21)8(5-20)26-14(11)23/h3-4,8,11-14,16,20-23H,5H2,1-2H3/t8-,11-,12-,13-,14?/m1/s1. The van der Waals surface area contributed by atoms with Crippen LogP contribution in [0.2, 0.25) is 0 Å². The summed E-state index contributed by atoms with van der Waals surface area (Å²) in [7, 11) is 0. The molecule has 1 unspecified atom stereocenters. The van der Waals surface area contributed by atoms with Gasteiger partial charge in [-0.3, -0.25) is 15.1 Å². The normalized spacial score (nSPS) is 32.3. The van der Waals surface area contributed by atoms with Gasteiger partial charge in [-0.25, -0.2) is 4.99 Å². The number of hydrogen-bond acceptors (Lipinski definition) is 10. The molecular formula is C15H20N4O7. The van der Waals surface area contributed by atoms with Crippen molar-refractivity contribution in [2.45, 2.75) is 50.2 Å². The number of non-ortho nitro benzene ring substituents is 1. The first-order valence-electron chi connectivity index (χ1n) is 7.99. The summed E-state index contributed by atoms with van der Waals surface area (Å²) in [5.41, 5.74) is -0.810. The van der Waals surface area contributed by atoms with E-state index in [0.717, 1.165) is 0 Å². The first kappa shape index (κ1) is 18.6. The Kier molecular flexibility index (Phi) is 4.67. The number of rotatable bonds is 4. The quantitative estimate of drug-likeness (QED) is 0.294. The van der Waals surface area contributed by atoms with E-state index in [1.807, 2.05) is 0 Å². The molecule has 1 fully saturated rings. The van der Waals surface area contributed by atoms with Crippen molar-refractivity contribution in [3.8, 4) is 0 Å². The highest BCUT2D eigenvalue weighted by molar-refractivity contribution is 5.50. The second kappa shape index (κ2) is 6.52. The van der Waals surface area contributed by atoms with E-state index in [0.29, 0.717) is 5.69 Å². The smallest absolute Gasteiger partial charge is 0.296 e. The number of aliphatic hydroxyl groups excluding tert-OH is 4. The van der Waals surface area contributed by atoms with E-state index in [2.05, 4.69) is 15.3 Å². The summed E-state index contributed by atoms with van der Waals surface area (Å²) in [6, 6.07) is 1.50. The molecule has 3 rings (SSSR count). The van der Waals surface area contributed by atoms with Crippen LogP contribution in [0.4, 0.5) is 11.4 Å². The van der Waals surface area contributed by atoms with Gasteiger partial charge < -0.3 is 30.5 Å². The first-order valence-corrected chi connectivity index (χ1v) is 7.99. The van der Waals surface area contributed by atoms with Gasteiger partial charge in [-0.15, -0.1) is 0 Å². The minimum Gasteiger partial charge on any atom is -0.394 e. The topological polar surface area (TPSA) is 170 Å². The van der Waals surface area contributed by atoms with Crippen molar-refractivity contribution in [1.82, 2.24) is 0 Å². The second-order valence-corrected chi connectivity index (χ2v) is 6.70. The lowest BCUT2D eigenvalue weighted by Crippen LogP contribution is -2.61. The molecule has 0 amide bonds. The molecule has 2 heterocycles. The third kappa shape index (κ3) is 3.15. The average molecular weight is 368 g/mol. The molecule has 5 N–H and O–H groups in total. The Hall–Kier alpha value is -2.18. The molecule has 1 saturated heterocycles. The van der Waals surface area contributed by atoms with Crippen LogP contribution in [0.1, 0.15) is 13.8 Å². The minimum absolute atomic E-state index is 0.0968. The summed E-state index contributed by atoms with van der Waals surface area (Å²) in [6.07, 6.45) is -5.53. The number of aliphatic hydroxyl groups is 4. The molecule has 11 nitrogen and oxygen atoms in total. The molecule has 1 aromatic carbocycles. The summed E-state index contributed by atoms with van der Waals surface area (Å²) in [5, 5.41) is 53.8. The number of benzene rings is 1. The third-order valence-corrected chi connectivity index (χ3v) is 4.32. The average Bonchev–Trinajstić information content (AvgIpc) is 2.89. The number of nitrogens with one attached hydrogen (secondary N) is 1. The van der Waals surface area contributed by atoms with Gasteiger partial charge in [0, 0.05) is 6.07 Å². The maximum absolute atomic E-state index is 11.2. The molecule has 0 saturated carbocycles. The summed E-state index contributed by atoms with van der Waals surface area (Å²) in [5.74, 6) is 0. The van der Waals surface area contributed by atoms with Gasteiger partial charge in [0.05, 0.1) is 17.2 Å². The van der Waals surface area contributed by atoms with Crippen molar-refractivity contribution < 1.29 is 30.1 Å². The molecule has 2 aliphatic heterocycles. The Balaban J connectivity index is 1.99. The predicted molar refractivity (Wildman–Crippen MR) is 86.9 cm³/mol. The maximum atomic E-state index is 11.2. The van der Waals surface area contributed by atoms with Gasteiger partial charge in [0.25, 0.3) is 5.69 Å². The van der Waals surface area contributed by atoms with Crippen LogP contribution < -0.4 is 16.0 Å². The van der Waals surface area contributed by atoms with E-state index in [1.165, 1.54) is 12.1 Å². The van der Waals surface area contributed by atoms with Crippen LogP contribution in [0.15, 0.2) is 22.1 Å². The van der Waals surface area contributed by atoms with Crippen LogP contribution in [0.5, 0.6) is 0 Å². The van der Waals surface area contributed by atoms with Crippen LogP contribution in [-0.4, -0.2) is 68.3 Å². The number of fused-ring (bicyclic) bond motifs is 1. The van der Waals surface area contributed by atoms with Crippen molar-refractivity contribution in [2.24, 2.45) is 9.98 Å². The van der Waals surface area contributed by atoms with E-state index in [9.17, 15) is 25.4 Å². The Morgan fingerprint density at radius 2 is 1.88 bits per heavy atom. The molecule has 5 atom stereocenters. The zero-order valence-electron chi connectivity index (χ0n) is 14.1. The minimum atomic E-state index is -1.53. The predicted octanol–water partition coefficient (Wildman–Crippen LogP) is -2.20. The molecule has 0 aliphatic carbocycles.